The van der Waals surface area contributed by atoms with Crippen molar-refractivity contribution in [3.8, 4) is 11.5 Å². The van der Waals surface area contributed by atoms with E-state index in [2.05, 4.69) is 11.4 Å². The molecule has 0 aliphatic heterocycles. The average molecular weight is 235 g/mol. The number of nitrogens with one attached hydrogen (secondary N) is 1. The second-order valence-corrected chi connectivity index (χ2v) is 4.63. The van der Waals surface area contributed by atoms with Crippen LogP contribution in [0.15, 0.2) is 18.2 Å². The van der Waals surface area contributed by atoms with Gasteiger partial charge in [0.05, 0.1) is 14.2 Å². The van der Waals surface area contributed by atoms with Gasteiger partial charge in [-0.05, 0) is 37.6 Å². The summed E-state index contributed by atoms with van der Waals surface area (Å²) in [5.41, 5.74) is 1.20. The van der Waals surface area contributed by atoms with Gasteiger partial charge in [-0.15, -0.1) is 0 Å². The van der Waals surface area contributed by atoms with Crippen LogP contribution in [0.3, 0.4) is 0 Å². The summed E-state index contributed by atoms with van der Waals surface area (Å²) in [6, 6.07) is 6.34. The summed E-state index contributed by atoms with van der Waals surface area (Å²) in [4.78, 5) is 0. The molecule has 0 bridgehead atoms. The fraction of sp³-hybridized carbons (Fsp3) is 0.571. The van der Waals surface area contributed by atoms with Crippen LogP contribution in [0.25, 0.3) is 0 Å². The summed E-state index contributed by atoms with van der Waals surface area (Å²) >= 11 is 0. The molecule has 0 heterocycles. The van der Waals surface area contributed by atoms with Gasteiger partial charge in [0.25, 0.3) is 0 Å². The lowest BCUT2D eigenvalue weighted by Crippen LogP contribution is -2.17. The second kappa shape index (κ2) is 5.41. The maximum absolute atomic E-state index is 5.43. The topological polar surface area (TPSA) is 30.5 Å². The monoisotopic (exact) mass is 235 g/mol. The number of hydrogen-bond donors (Lipinski definition) is 1. The van der Waals surface area contributed by atoms with E-state index >= 15 is 0 Å². The molecular weight excluding hydrogens is 214 g/mol. The van der Waals surface area contributed by atoms with Crippen molar-refractivity contribution < 1.29 is 9.47 Å². The Morgan fingerprint density at radius 3 is 2.59 bits per heavy atom. The maximum Gasteiger partial charge on any atom is 0.123 e. The van der Waals surface area contributed by atoms with Crippen molar-refractivity contribution in [3.05, 3.63) is 23.8 Å². The van der Waals surface area contributed by atoms with Crippen LogP contribution < -0.4 is 14.8 Å². The van der Waals surface area contributed by atoms with Crippen molar-refractivity contribution in [2.45, 2.75) is 25.3 Å². The van der Waals surface area contributed by atoms with Crippen LogP contribution in [-0.4, -0.2) is 21.3 Å². The Balaban J connectivity index is 2.24. The van der Waals surface area contributed by atoms with Crippen LogP contribution in [0.1, 0.15) is 30.9 Å². The molecule has 1 N–H and O–H groups in total. The predicted molar refractivity (Wildman–Crippen MR) is 68.7 cm³/mol. The van der Waals surface area contributed by atoms with Gasteiger partial charge in [0.15, 0.2) is 0 Å². The lowest BCUT2D eigenvalue weighted by atomic mass is 10.00. The fourth-order valence-corrected chi connectivity index (χ4v) is 2.20. The largest absolute Gasteiger partial charge is 0.497 e. The Kier molecular flexibility index (Phi) is 3.89. The Morgan fingerprint density at radius 1 is 1.29 bits per heavy atom. The Morgan fingerprint density at radius 2 is 2.06 bits per heavy atom. The zero-order chi connectivity index (χ0) is 12.3. The third-order valence-electron chi connectivity index (χ3n) is 3.43. The first kappa shape index (κ1) is 12.2. The van der Waals surface area contributed by atoms with Crippen LogP contribution in [0.4, 0.5) is 0 Å². The van der Waals surface area contributed by atoms with Crippen molar-refractivity contribution in [3.63, 3.8) is 0 Å². The summed E-state index contributed by atoms with van der Waals surface area (Å²) in [7, 11) is 5.42. The second-order valence-electron chi connectivity index (χ2n) is 4.63. The molecule has 0 aromatic heterocycles. The fourth-order valence-electron chi connectivity index (χ4n) is 2.20. The molecule has 2 rings (SSSR count). The summed E-state index contributed by atoms with van der Waals surface area (Å²) in [6.45, 7) is 0. The number of ether oxygens (including phenoxy) is 2. The molecule has 1 unspecified atom stereocenters. The van der Waals surface area contributed by atoms with Gasteiger partial charge in [-0.1, -0.05) is 12.8 Å². The number of benzene rings is 1. The molecule has 1 aliphatic rings. The van der Waals surface area contributed by atoms with Gasteiger partial charge in [-0.25, -0.2) is 0 Å². The minimum Gasteiger partial charge on any atom is -0.497 e. The van der Waals surface area contributed by atoms with Crippen molar-refractivity contribution in [1.82, 2.24) is 5.32 Å². The van der Waals surface area contributed by atoms with Gasteiger partial charge in [0, 0.05) is 11.6 Å². The van der Waals surface area contributed by atoms with Gasteiger partial charge in [-0.2, -0.15) is 0 Å². The highest BCUT2D eigenvalue weighted by molar-refractivity contribution is 5.42. The van der Waals surface area contributed by atoms with Crippen LogP contribution in [0.5, 0.6) is 11.5 Å². The van der Waals surface area contributed by atoms with E-state index < -0.39 is 0 Å². The van der Waals surface area contributed by atoms with Gasteiger partial charge < -0.3 is 14.8 Å². The smallest absolute Gasteiger partial charge is 0.123 e. The van der Waals surface area contributed by atoms with E-state index in [0.717, 1.165) is 17.4 Å². The lowest BCUT2D eigenvalue weighted by Gasteiger charge is -2.20. The molecule has 0 amide bonds. The van der Waals surface area contributed by atoms with E-state index in [0.29, 0.717) is 6.04 Å². The van der Waals surface area contributed by atoms with E-state index in [-0.39, 0.29) is 0 Å². The van der Waals surface area contributed by atoms with E-state index in [1.54, 1.807) is 14.2 Å². The minimum atomic E-state index is 0.354. The molecule has 0 saturated heterocycles. The van der Waals surface area contributed by atoms with Crippen LogP contribution >= 0.6 is 0 Å². The predicted octanol–water partition coefficient (Wildman–Crippen LogP) is 2.76. The summed E-state index contributed by atoms with van der Waals surface area (Å²) in [5, 5.41) is 3.38. The highest BCUT2D eigenvalue weighted by Gasteiger charge is 2.27. The molecule has 94 valence electrons. The molecule has 1 fully saturated rings. The molecular formula is C14H21NO2. The molecule has 1 saturated carbocycles. The Hall–Kier alpha value is -1.22. The molecule has 1 aliphatic carbocycles. The highest BCUT2D eigenvalue weighted by atomic mass is 16.5. The van der Waals surface area contributed by atoms with E-state index in [1.165, 1.54) is 24.8 Å². The molecule has 1 aromatic rings. The Labute approximate surface area is 103 Å². The van der Waals surface area contributed by atoms with Crippen molar-refractivity contribution in [2.75, 3.05) is 21.3 Å². The molecule has 0 radical (unpaired) electrons. The quantitative estimate of drug-likeness (QED) is 0.822. The van der Waals surface area contributed by atoms with Gasteiger partial charge in [0.1, 0.15) is 11.5 Å². The minimum absolute atomic E-state index is 0.354. The highest BCUT2D eigenvalue weighted by Crippen LogP contribution is 2.40. The van der Waals surface area contributed by atoms with E-state index in [1.807, 2.05) is 19.2 Å². The molecule has 0 spiro atoms. The van der Waals surface area contributed by atoms with Gasteiger partial charge in [0.2, 0.25) is 0 Å². The number of hydrogen-bond acceptors (Lipinski definition) is 3. The number of methoxy groups -OCH3 is 2. The third-order valence-corrected chi connectivity index (χ3v) is 3.43. The van der Waals surface area contributed by atoms with Crippen molar-refractivity contribution in [2.24, 2.45) is 5.92 Å². The summed E-state index contributed by atoms with van der Waals surface area (Å²) in [6.07, 6.45) is 3.91. The third kappa shape index (κ3) is 2.91. The molecule has 1 atom stereocenters. The van der Waals surface area contributed by atoms with Crippen LogP contribution in [-0.2, 0) is 0 Å². The normalized spacial score (nSPS) is 16.6. The first-order chi connectivity index (χ1) is 8.28. The van der Waals surface area contributed by atoms with Crippen molar-refractivity contribution in [1.29, 1.82) is 0 Å². The van der Waals surface area contributed by atoms with E-state index in [4.69, 9.17) is 9.47 Å². The van der Waals surface area contributed by atoms with Crippen LogP contribution in [0, 0.1) is 5.92 Å². The molecule has 1 aromatic carbocycles. The molecule has 3 heteroatoms. The number of rotatable bonds is 6. The standard InChI is InChI=1S/C14H21NO2/c1-15-13(8-10-4-5-10)12-9-11(16-2)6-7-14(12)17-3/h6-7,9-10,13,15H,4-5,8H2,1-3H3. The van der Waals surface area contributed by atoms with E-state index in [9.17, 15) is 0 Å². The lowest BCUT2D eigenvalue weighted by molar-refractivity contribution is 0.387. The summed E-state index contributed by atoms with van der Waals surface area (Å²) < 4.78 is 10.7. The molecule has 3 nitrogen and oxygen atoms in total. The first-order valence-corrected chi connectivity index (χ1v) is 6.17. The zero-order valence-electron chi connectivity index (χ0n) is 10.8. The van der Waals surface area contributed by atoms with Gasteiger partial charge in [-0.3, -0.25) is 0 Å². The Bertz CT molecular complexity index is 374. The average Bonchev–Trinajstić information content (AvgIpc) is 3.19. The van der Waals surface area contributed by atoms with Crippen molar-refractivity contribution >= 4 is 0 Å². The first-order valence-electron chi connectivity index (χ1n) is 6.17. The SMILES string of the molecule is CNC(CC1CC1)c1cc(OC)ccc1OC. The zero-order valence-corrected chi connectivity index (χ0v) is 10.8. The maximum atomic E-state index is 5.43. The summed E-state index contributed by atoms with van der Waals surface area (Å²) in [5.74, 6) is 2.70. The molecule has 17 heavy (non-hydrogen) atoms. The van der Waals surface area contributed by atoms with Gasteiger partial charge >= 0.3 is 0 Å². The van der Waals surface area contributed by atoms with Crippen LogP contribution in [0.2, 0.25) is 0 Å².